The standard InChI is InChI=1S/C13H15N3S/c14-11-3-1-2-10(8-11)9-16(12-4-5-12)13-15-6-7-17-13/h1-3,6-8,12H,4-5,9,14H2. The van der Waals surface area contributed by atoms with Gasteiger partial charge in [0.15, 0.2) is 5.13 Å². The summed E-state index contributed by atoms with van der Waals surface area (Å²) in [5.41, 5.74) is 7.90. The molecule has 1 aliphatic rings. The van der Waals surface area contributed by atoms with Gasteiger partial charge in [-0.05, 0) is 30.5 Å². The third kappa shape index (κ3) is 2.42. The van der Waals surface area contributed by atoms with Crippen LogP contribution in [0.1, 0.15) is 18.4 Å². The summed E-state index contributed by atoms with van der Waals surface area (Å²) in [5.74, 6) is 0. The number of anilines is 2. The highest BCUT2D eigenvalue weighted by Crippen LogP contribution is 2.34. The van der Waals surface area contributed by atoms with Gasteiger partial charge in [-0.1, -0.05) is 12.1 Å². The summed E-state index contributed by atoms with van der Waals surface area (Å²) in [6, 6.07) is 8.77. The first-order valence-electron chi connectivity index (χ1n) is 5.83. The van der Waals surface area contributed by atoms with E-state index in [1.165, 1.54) is 18.4 Å². The molecule has 2 aromatic rings. The lowest BCUT2D eigenvalue weighted by Gasteiger charge is -2.21. The van der Waals surface area contributed by atoms with Gasteiger partial charge in [0.2, 0.25) is 0 Å². The van der Waals surface area contributed by atoms with Crippen LogP contribution in [-0.4, -0.2) is 11.0 Å². The van der Waals surface area contributed by atoms with Gasteiger partial charge in [0, 0.05) is 29.9 Å². The molecular formula is C13H15N3S. The van der Waals surface area contributed by atoms with Gasteiger partial charge in [-0.25, -0.2) is 4.98 Å². The predicted octanol–water partition coefficient (Wildman–Crippen LogP) is 2.89. The van der Waals surface area contributed by atoms with E-state index in [4.69, 9.17) is 5.73 Å². The van der Waals surface area contributed by atoms with E-state index in [1.54, 1.807) is 11.3 Å². The van der Waals surface area contributed by atoms with E-state index in [2.05, 4.69) is 16.0 Å². The second-order valence-corrected chi connectivity index (χ2v) is 5.29. The lowest BCUT2D eigenvalue weighted by molar-refractivity contribution is 0.790. The zero-order chi connectivity index (χ0) is 11.7. The monoisotopic (exact) mass is 245 g/mol. The highest BCUT2D eigenvalue weighted by molar-refractivity contribution is 7.13. The molecule has 2 N–H and O–H groups in total. The number of nitrogens with two attached hydrogens (primary N) is 1. The molecule has 1 aromatic heterocycles. The lowest BCUT2D eigenvalue weighted by atomic mass is 10.2. The van der Waals surface area contributed by atoms with Gasteiger partial charge in [0.1, 0.15) is 0 Å². The molecule has 0 atom stereocenters. The molecule has 3 rings (SSSR count). The van der Waals surface area contributed by atoms with Crippen molar-refractivity contribution in [3.63, 3.8) is 0 Å². The summed E-state index contributed by atoms with van der Waals surface area (Å²) in [6.45, 7) is 0.906. The van der Waals surface area contributed by atoms with Gasteiger partial charge in [-0.2, -0.15) is 0 Å². The first-order valence-corrected chi connectivity index (χ1v) is 6.71. The normalized spacial score (nSPS) is 14.8. The fourth-order valence-electron chi connectivity index (χ4n) is 1.99. The number of nitrogens with zero attached hydrogens (tertiary/aromatic N) is 2. The van der Waals surface area contributed by atoms with Crippen molar-refractivity contribution in [1.82, 2.24) is 4.98 Å². The molecule has 0 amide bonds. The second kappa shape index (κ2) is 4.37. The van der Waals surface area contributed by atoms with Crippen LogP contribution in [0.5, 0.6) is 0 Å². The summed E-state index contributed by atoms with van der Waals surface area (Å²) in [5, 5.41) is 3.15. The van der Waals surface area contributed by atoms with E-state index >= 15 is 0 Å². The fourth-order valence-corrected chi connectivity index (χ4v) is 2.70. The van der Waals surface area contributed by atoms with Crippen LogP contribution >= 0.6 is 11.3 Å². The molecule has 1 heterocycles. The van der Waals surface area contributed by atoms with Crippen LogP contribution in [0.25, 0.3) is 0 Å². The van der Waals surface area contributed by atoms with Crippen molar-refractivity contribution in [3.8, 4) is 0 Å². The van der Waals surface area contributed by atoms with Crippen LogP contribution in [-0.2, 0) is 6.54 Å². The Morgan fingerprint density at radius 2 is 2.29 bits per heavy atom. The van der Waals surface area contributed by atoms with Crippen LogP contribution in [0, 0.1) is 0 Å². The Hall–Kier alpha value is -1.55. The highest BCUT2D eigenvalue weighted by Gasteiger charge is 2.30. The average molecular weight is 245 g/mol. The van der Waals surface area contributed by atoms with E-state index in [0.29, 0.717) is 6.04 Å². The van der Waals surface area contributed by atoms with E-state index in [1.807, 2.05) is 29.8 Å². The molecule has 88 valence electrons. The molecule has 0 spiro atoms. The molecule has 0 radical (unpaired) electrons. The van der Waals surface area contributed by atoms with Crippen molar-refractivity contribution in [1.29, 1.82) is 0 Å². The van der Waals surface area contributed by atoms with E-state index in [0.717, 1.165) is 17.4 Å². The zero-order valence-corrected chi connectivity index (χ0v) is 10.4. The van der Waals surface area contributed by atoms with Crippen LogP contribution in [0.2, 0.25) is 0 Å². The Labute approximate surface area is 105 Å². The minimum absolute atomic E-state index is 0.669. The van der Waals surface area contributed by atoms with Crippen LogP contribution in [0.15, 0.2) is 35.8 Å². The molecule has 1 saturated carbocycles. The van der Waals surface area contributed by atoms with E-state index in [9.17, 15) is 0 Å². The maximum Gasteiger partial charge on any atom is 0.185 e. The minimum atomic E-state index is 0.669. The molecule has 1 fully saturated rings. The largest absolute Gasteiger partial charge is 0.399 e. The minimum Gasteiger partial charge on any atom is -0.399 e. The summed E-state index contributed by atoms with van der Waals surface area (Å²) >= 11 is 1.71. The quantitative estimate of drug-likeness (QED) is 0.842. The predicted molar refractivity (Wildman–Crippen MR) is 72.2 cm³/mol. The zero-order valence-electron chi connectivity index (χ0n) is 9.54. The summed E-state index contributed by atoms with van der Waals surface area (Å²) in [4.78, 5) is 6.80. The van der Waals surface area contributed by atoms with Crippen molar-refractivity contribution in [2.45, 2.75) is 25.4 Å². The van der Waals surface area contributed by atoms with Gasteiger partial charge in [-0.3, -0.25) is 0 Å². The summed E-state index contributed by atoms with van der Waals surface area (Å²) < 4.78 is 0. The average Bonchev–Trinajstić information content (AvgIpc) is 3.01. The van der Waals surface area contributed by atoms with Crippen molar-refractivity contribution >= 4 is 22.2 Å². The summed E-state index contributed by atoms with van der Waals surface area (Å²) in [7, 11) is 0. The Morgan fingerprint density at radius 3 is 2.94 bits per heavy atom. The second-order valence-electron chi connectivity index (χ2n) is 4.42. The molecule has 1 aliphatic carbocycles. The maximum absolute atomic E-state index is 5.81. The first kappa shape index (κ1) is 10.6. The smallest absolute Gasteiger partial charge is 0.185 e. The first-order chi connectivity index (χ1) is 8.33. The number of aromatic nitrogens is 1. The molecule has 0 bridgehead atoms. The topological polar surface area (TPSA) is 42.1 Å². The Morgan fingerprint density at radius 1 is 1.41 bits per heavy atom. The number of nitrogen functional groups attached to an aromatic ring is 1. The molecule has 17 heavy (non-hydrogen) atoms. The number of thiazole rings is 1. The molecule has 4 heteroatoms. The van der Waals surface area contributed by atoms with E-state index < -0.39 is 0 Å². The van der Waals surface area contributed by atoms with Gasteiger partial charge < -0.3 is 10.6 Å². The molecule has 1 aromatic carbocycles. The van der Waals surface area contributed by atoms with Gasteiger partial charge >= 0.3 is 0 Å². The maximum atomic E-state index is 5.81. The van der Waals surface area contributed by atoms with Crippen LogP contribution in [0.3, 0.4) is 0 Å². The number of benzene rings is 1. The van der Waals surface area contributed by atoms with Crippen molar-refractivity contribution in [2.24, 2.45) is 0 Å². The van der Waals surface area contributed by atoms with Crippen molar-refractivity contribution in [3.05, 3.63) is 41.4 Å². The highest BCUT2D eigenvalue weighted by atomic mass is 32.1. The van der Waals surface area contributed by atoms with Crippen molar-refractivity contribution < 1.29 is 0 Å². The van der Waals surface area contributed by atoms with Gasteiger partial charge in [0.05, 0.1) is 0 Å². The number of hydrogen-bond donors (Lipinski definition) is 1. The molecular weight excluding hydrogens is 230 g/mol. The van der Waals surface area contributed by atoms with Gasteiger partial charge in [-0.15, -0.1) is 11.3 Å². The fraction of sp³-hybridized carbons (Fsp3) is 0.308. The molecule has 0 unspecified atom stereocenters. The molecule has 3 nitrogen and oxygen atoms in total. The Balaban J connectivity index is 1.81. The summed E-state index contributed by atoms with van der Waals surface area (Å²) in [6.07, 6.45) is 4.43. The number of rotatable bonds is 4. The lowest BCUT2D eigenvalue weighted by Crippen LogP contribution is -2.24. The van der Waals surface area contributed by atoms with Crippen molar-refractivity contribution in [2.75, 3.05) is 10.6 Å². The number of hydrogen-bond acceptors (Lipinski definition) is 4. The van der Waals surface area contributed by atoms with Crippen LogP contribution < -0.4 is 10.6 Å². The third-order valence-electron chi connectivity index (χ3n) is 2.96. The SMILES string of the molecule is Nc1cccc(CN(c2nccs2)C2CC2)c1. The Kier molecular flexibility index (Phi) is 2.73. The molecule has 0 aliphatic heterocycles. The molecule has 0 saturated heterocycles. The van der Waals surface area contributed by atoms with E-state index in [-0.39, 0.29) is 0 Å². The van der Waals surface area contributed by atoms with Gasteiger partial charge in [0.25, 0.3) is 0 Å². The third-order valence-corrected chi connectivity index (χ3v) is 3.77. The van der Waals surface area contributed by atoms with Crippen LogP contribution in [0.4, 0.5) is 10.8 Å². The Bertz CT molecular complexity index is 491.